The minimum Gasteiger partial charge on any atom is -0.310 e. The summed E-state index contributed by atoms with van der Waals surface area (Å²) in [5, 5.41) is 22.0. The van der Waals surface area contributed by atoms with Gasteiger partial charge in [0, 0.05) is 33.8 Å². The number of aryl methyl sites for hydroxylation is 2. The second kappa shape index (κ2) is 15.2. The number of anilines is 3. The molecule has 0 saturated heterocycles. The number of rotatable bonds is 8. The molecular formula is C51H36N4. The Balaban J connectivity index is 1.34. The third kappa shape index (κ3) is 6.77. The molecule has 0 atom stereocenters. The van der Waals surface area contributed by atoms with Crippen LogP contribution in [0.2, 0.25) is 0 Å². The Morgan fingerprint density at radius 1 is 0.382 bits per heavy atom. The fraction of sp³-hybridized carbons (Fsp3) is 0.0392. The zero-order valence-corrected chi connectivity index (χ0v) is 30.6. The summed E-state index contributed by atoms with van der Waals surface area (Å²) in [4.78, 5) is 7.41. The number of pyridine rings is 1. The van der Waals surface area contributed by atoms with Crippen molar-refractivity contribution in [3.63, 3.8) is 0 Å². The van der Waals surface area contributed by atoms with Crippen molar-refractivity contribution in [1.82, 2.24) is 4.98 Å². The number of nitriles is 2. The summed E-state index contributed by atoms with van der Waals surface area (Å²) in [6, 6.07) is 66.6. The van der Waals surface area contributed by atoms with Gasteiger partial charge in [0.25, 0.3) is 0 Å². The van der Waals surface area contributed by atoms with E-state index in [1.807, 2.05) is 97.1 Å². The van der Waals surface area contributed by atoms with Crippen LogP contribution in [0.1, 0.15) is 22.3 Å². The molecule has 0 saturated carbocycles. The topological polar surface area (TPSA) is 63.7 Å². The summed E-state index contributed by atoms with van der Waals surface area (Å²) in [6.45, 7) is 4.12. The molecule has 7 aromatic carbocycles. The van der Waals surface area contributed by atoms with Gasteiger partial charge < -0.3 is 4.90 Å². The van der Waals surface area contributed by atoms with Crippen molar-refractivity contribution < 1.29 is 0 Å². The number of hydrogen-bond donors (Lipinski definition) is 0. The van der Waals surface area contributed by atoms with Crippen molar-refractivity contribution in [2.45, 2.75) is 13.8 Å². The van der Waals surface area contributed by atoms with E-state index >= 15 is 0 Å². The molecule has 55 heavy (non-hydrogen) atoms. The highest BCUT2D eigenvalue weighted by Crippen LogP contribution is 2.44. The second-order valence-electron chi connectivity index (χ2n) is 13.5. The Morgan fingerprint density at radius 3 is 1.07 bits per heavy atom. The molecule has 0 N–H and O–H groups in total. The molecule has 260 valence electrons. The van der Waals surface area contributed by atoms with Crippen molar-refractivity contribution in [3.05, 3.63) is 204 Å². The SMILES string of the molecule is Cc1cc(N(c2ccccc2)c2ccccc2)cc(C)c1-c1c(C#N)c(-c2ccc(-c3ccccc3)cc2)nc(-c2ccc(-c3ccccc3)cc2)c1C#N. The minimum absolute atomic E-state index is 0.371. The lowest BCUT2D eigenvalue weighted by Gasteiger charge is -2.27. The molecule has 4 nitrogen and oxygen atoms in total. The third-order valence-electron chi connectivity index (χ3n) is 10.0. The van der Waals surface area contributed by atoms with Gasteiger partial charge in [-0.2, -0.15) is 10.5 Å². The predicted molar refractivity (Wildman–Crippen MR) is 225 cm³/mol. The molecule has 0 aliphatic carbocycles. The van der Waals surface area contributed by atoms with E-state index in [0.717, 1.165) is 67.1 Å². The number of hydrogen-bond acceptors (Lipinski definition) is 4. The lowest BCUT2D eigenvalue weighted by Crippen LogP contribution is -2.11. The molecule has 0 fully saturated rings. The van der Waals surface area contributed by atoms with Crippen molar-refractivity contribution >= 4 is 17.1 Å². The first-order valence-corrected chi connectivity index (χ1v) is 18.3. The maximum Gasteiger partial charge on any atom is 0.102 e. The molecular weight excluding hydrogens is 669 g/mol. The number of aromatic nitrogens is 1. The number of para-hydroxylation sites is 2. The summed E-state index contributed by atoms with van der Waals surface area (Å²) in [7, 11) is 0. The van der Waals surface area contributed by atoms with Gasteiger partial charge in [0.1, 0.15) is 12.1 Å². The lowest BCUT2D eigenvalue weighted by atomic mass is 9.85. The lowest BCUT2D eigenvalue weighted by molar-refractivity contribution is 1.24. The van der Waals surface area contributed by atoms with Gasteiger partial charge >= 0.3 is 0 Å². The van der Waals surface area contributed by atoms with Crippen LogP contribution in [0, 0.1) is 36.5 Å². The van der Waals surface area contributed by atoms with Gasteiger partial charge in [-0.05, 0) is 89.2 Å². The van der Waals surface area contributed by atoms with Crippen molar-refractivity contribution in [1.29, 1.82) is 10.5 Å². The van der Waals surface area contributed by atoms with E-state index in [9.17, 15) is 10.5 Å². The smallest absolute Gasteiger partial charge is 0.102 e. The van der Waals surface area contributed by atoms with E-state index in [1.54, 1.807) is 0 Å². The molecule has 0 spiro atoms. The molecule has 0 radical (unpaired) electrons. The van der Waals surface area contributed by atoms with Crippen LogP contribution in [0.4, 0.5) is 17.1 Å². The molecule has 0 bridgehead atoms. The molecule has 0 amide bonds. The summed E-state index contributed by atoms with van der Waals surface area (Å²) < 4.78 is 0. The Bertz CT molecular complexity index is 2510. The average Bonchev–Trinajstić information content (AvgIpc) is 3.24. The Hall–Kier alpha value is -7.53. The van der Waals surface area contributed by atoms with Gasteiger partial charge in [-0.1, -0.05) is 146 Å². The molecule has 4 heteroatoms. The first kappa shape index (κ1) is 34.6. The van der Waals surface area contributed by atoms with Crippen LogP contribution in [0.25, 0.3) is 55.9 Å². The minimum atomic E-state index is 0.371. The maximum atomic E-state index is 11.0. The van der Waals surface area contributed by atoms with E-state index in [-0.39, 0.29) is 0 Å². The average molecular weight is 705 g/mol. The fourth-order valence-electron chi connectivity index (χ4n) is 7.44. The summed E-state index contributed by atoms with van der Waals surface area (Å²) in [5.74, 6) is 0. The van der Waals surface area contributed by atoms with Crippen molar-refractivity contribution in [2.75, 3.05) is 4.90 Å². The van der Waals surface area contributed by atoms with Crippen LogP contribution in [0.5, 0.6) is 0 Å². The fourth-order valence-corrected chi connectivity index (χ4v) is 7.44. The van der Waals surface area contributed by atoms with Crippen LogP contribution in [0.15, 0.2) is 182 Å². The van der Waals surface area contributed by atoms with Gasteiger partial charge in [0.2, 0.25) is 0 Å². The zero-order valence-electron chi connectivity index (χ0n) is 30.6. The molecule has 0 unspecified atom stereocenters. The standard InChI is InChI=1S/C51H36N4/c1-35-31-45(55(43-19-11-5-12-20-43)44-21-13-6-14-22-44)32-36(2)48(35)49-46(33-52)50(41-27-23-39(24-28-41)37-15-7-3-8-16-37)54-51(47(49)34-53)42-29-25-40(26-30-42)38-17-9-4-10-18-38/h3-32H,1-2H3. The highest BCUT2D eigenvalue weighted by molar-refractivity contribution is 5.93. The van der Waals surface area contributed by atoms with Crippen LogP contribution in [-0.4, -0.2) is 4.98 Å². The van der Waals surface area contributed by atoms with E-state index in [0.29, 0.717) is 28.1 Å². The van der Waals surface area contributed by atoms with E-state index in [1.165, 1.54) is 0 Å². The summed E-state index contributed by atoms with van der Waals surface area (Å²) in [6.07, 6.45) is 0. The Labute approximate surface area is 322 Å². The van der Waals surface area contributed by atoms with Gasteiger partial charge in [-0.15, -0.1) is 0 Å². The van der Waals surface area contributed by atoms with E-state index in [2.05, 4.69) is 116 Å². The van der Waals surface area contributed by atoms with Crippen molar-refractivity contribution in [2.24, 2.45) is 0 Å². The summed E-state index contributed by atoms with van der Waals surface area (Å²) >= 11 is 0. The number of benzene rings is 7. The third-order valence-corrected chi connectivity index (χ3v) is 10.0. The van der Waals surface area contributed by atoms with Gasteiger partial charge in [-0.25, -0.2) is 4.98 Å². The van der Waals surface area contributed by atoms with Crippen molar-refractivity contribution in [3.8, 4) is 68.0 Å². The normalized spacial score (nSPS) is 10.7. The molecule has 1 heterocycles. The molecule has 0 aliphatic heterocycles. The zero-order chi connectivity index (χ0) is 37.7. The first-order valence-electron chi connectivity index (χ1n) is 18.3. The van der Waals surface area contributed by atoms with Crippen LogP contribution < -0.4 is 4.90 Å². The largest absolute Gasteiger partial charge is 0.310 e. The Kier molecular flexibility index (Phi) is 9.56. The van der Waals surface area contributed by atoms with Gasteiger partial charge in [0.15, 0.2) is 0 Å². The number of nitrogens with zero attached hydrogens (tertiary/aromatic N) is 4. The highest BCUT2D eigenvalue weighted by Gasteiger charge is 2.26. The molecule has 8 aromatic rings. The molecule has 1 aromatic heterocycles. The maximum absolute atomic E-state index is 11.0. The predicted octanol–water partition coefficient (Wildman–Crippen LogP) is 13.2. The Morgan fingerprint density at radius 2 is 0.709 bits per heavy atom. The first-order chi connectivity index (χ1) is 27.0. The second-order valence-corrected chi connectivity index (χ2v) is 13.5. The van der Waals surface area contributed by atoms with Crippen LogP contribution in [0.3, 0.4) is 0 Å². The monoisotopic (exact) mass is 704 g/mol. The van der Waals surface area contributed by atoms with Crippen LogP contribution in [-0.2, 0) is 0 Å². The quantitative estimate of drug-likeness (QED) is 0.158. The molecule has 8 rings (SSSR count). The van der Waals surface area contributed by atoms with Crippen LogP contribution >= 0.6 is 0 Å². The highest BCUT2D eigenvalue weighted by atomic mass is 15.1. The molecule has 0 aliphatic rings. The van der Waals surface area contributed by atoms with E-state index < -0.39 is 0 Å². The van der Waals surface area contributed by atoms with Gasteiger partial charge in [-0.3, -0.25) is 0 Å². The van der Waals surface area contributed by atoms with E-state index in [4.69, 9.17) is 4.98 Å². The summed E-state index contributed by atoms with van der Waals surface area (Å²) in [5.41, 5.74) is 14.1. The van der Waals surface area contributed by atoms with Gasteiger partial charge in [0.05, 0.1) is 22.5 Å².